The van der Waals surface area contributed by atoms with Crippen molar-refractivity contribution in [1.82, 2.24) is 9.88 Å². The number of piperidine rings is 1. The summed E-state index contributed by atoms with van der Waals surface area (Å²) < 4.78 is 5.53. The van der Waals surface area contributed by atoms with E-state index in [0.717, 1.165) is 36.9 Å². The molecule has 1 aromatic carbocycles. The number of ether oxygens (including phenoxy) is 1. The molecule has 0 N–H and O–H groups in total. The molecule has 23 heavy (non-hydrogen) atoms. The number of carbonyl (C=O) groups excluding carboxylic acids is 1. The average Bonchev–Trinajstić information content (AvgIpc) is 2.61. The molecule has 2 heterocycles. The lowest BCUT2D eigenvalue weighted by molar-refractivity contribution is 0.0677. The highest BCUT2D eigenvalue weighted by Crippen LogP contribution is 2.32. The van der Waals surface area contributed by atoms with E-state index in [1.54, 1.807) is 6.20 Å². The van der Waals surface area contributed by atoms with Crippen LogP contribution < -0.4 is 0 Å². The Balaban J connectivity index is 1.71. The van der Waals surface area contributed by atoms with Crippen molar-refractivity contribution >= 4 is 6.09 Å². The summed E-state index contributed by atoms with van der Waals surface area (Å²) >= 11 is 0. The molecule has 4 nitrogen and oxygen atoms in total. The van der Waals surface area contributed by atoms with E-state index in [0.29, 0.717) is 6.61 Å². The van der Waals surface area contributed by atoms with Crippen molar-refractivity contribution in [2.24, 2.45) is 0 Å². The molecule has 1 fully saturated rings. The maximum Gasteiger partial charge on any atom is 0.410 e. The minimum absolute atomic E-state index is 0.0926. The largest absolute Gasteiger partial charge is 0.445 e. The molecular formula is C19H22N2O2. The lowest BCUT2D eigenvalue weighted by Crippen LogP contribution is -2.39. The number of amides is 1. The average molecular weight is 310 g/mol. The zero-order valence-electron chi connectivity index (χ0n) is 13.4. The lowest BCUT2D eigenvalue weighted by Gasteiger charge is -2.35. The maximum absolute atomic E-state index is 12.6. The van der Waals surface area contributed by atoms with E-state index in [1.807, 2.05) is 54.4 Å². The summed E-state index contributed by atoms with van der Waals surface area (Å²) in [5, 5.41) is 0. The third-order valence-corrected chi connectivity index (χ3v) is 4.37. The van der Waals surface area contributed by atoms with Crippen molar-refractivity contribution in [3.8, 4) is 0 Å². The monoisotopic (exact) mass is 310 g/mol. The Morgan fingerprint density at radius 2 is 2.09 bits per heavy atom. The van der Waals surface area contributed by atoms with Crippen LogP contribution in [0.2, 0.25) is 0 Å². The first-order chi connectivity index (χ1) is 11.3. The zero-order valence-corrected chi connectivity index (χ0v) is 13.4. The number of rotatable bonds is 3. The fourth-order valence-corrected chi connectivity index (χ4v) is 3.13. The Morgan fingerprint density at radius 1 is 1.26 bits per heavy atom. The Kier molecular flexibility index (Phi) is 4.91. The van der Waals surface area contributed by atoms with E-state index in [4.69, 9.17) is 4.74 Å². The van der Waals surface area contributed by atoms with E-state index < -0.39 is 0 Å². The predicted molar refractivity (Wildman–Crippen MR) is 88.9 cm³/mol. The summed E-state index contributed by atoms with van der Waals surface area (Å²) in [5.74, 6) is 0. The normalized spacial score (nSPS) is 17.8. The van der Waals surface area contributed by atoms with E-state index in [2.05, 4.69) is 4.98 Å². The van der Waals surface area contributed by atoms with Gasteiger partial charge in [-0.15, -0.1) is 0 Å². The highest BCUT2D eigenvalue weighted by molar-refractivity contribution is 5.68. The number of benzene rings is 1. The second kappa shape index (κ2) is 7.27. The molecular weight excluding hydrogens is 288 g/mol. The van der Waals surface area contributed by atoms with Crippen molar-refractivity contribution in [3.05, 3.63) is 65.5 Å². The molecule has 1 atom stereocenters. The third kappa shape index (κ3) is 3.70. The van der Waals surface area contributed by atoms with Crippen molar-refractivity contribution in [1.29, 1.82) is 0 Å². The fraction of sp³-hybridized carbons (Fsp3) is 0.368. The maximum atomic E-state index is 12.6. The molecule has 1 saturated heterocycles. The summed E-state index contributed by atoms with van der Waals surface area (Å²) in [5.41, 5.74) is 3.31. The van der Waals surface area contributed by atoms with Gasteiger partial charge < -0.3 is 9.64 Å². The summed E-state index contributed by atoms with van der Waals surface area (Å²) in [6.07, 6.45) is 6.57. The molecule has 0 saturated carbocycles. The topological polar surface area (TPSA) is 42.4 Å². The van der Waals surface area contributed by atoms with Crippen LogP contribution in [0, 0.1) is 6.92 Å². The second-order valence-corrected chi connectivity index (χ2v) is 5.98. The van der Waals surface area contributed by atoms with Gasteiger partial charge in [-0.3, -0.25) is 4.98 Å². The highest BCUT2D eigenvalue weighted by Gasteiger charge is 2.29. The number of likely N-dealkylation sites (tertiary alicyclic amines) is 1. The van der Waals surface area contributed by atoms with Gasteiger partial charge in [-0.1, -0.05) is 30.3 Å². The Bertz CT molecular complexity index is 657. The fourth-order valence-electron chi connectivity index (χ4n) is 3.13. The molecule has 1 amide bonds. The number of carbonyl (C=O) groups is 1. The van der Waals surface area contributed by atoms with Crippen LogP contribution in [0.5, 0.6) is 0 Å². The molecule has 0 unspecified atom stereocenters. The number of aryl methyl sites for hydroxylation is 1. The first kappa shape index (κ1) is 15.5. The highest BCUT2D eigenvalue weighted by atomic mass is 16.6. The minimum Gasteiger partial charge on any atom is -0.445 e. The predicted octanol–water partition coefficient (Wildman–Crippen LogP) is 4.25. The van der Waals surface area contributed by atoms with E-state index >= 15 is 0 Å². The van der Waals surface area contributed by atoms with Crippen LogP contribution in [-0.2, 0) is 11.3 Å². The van der Waals surface area contributed by atoms with E-state index in [9.17, 15) is 4.79 Å². The SMILES string of the molecule is Cc1cnccc1[C@@H]1CCCCN1C(=O)OCc1ccccc1. The summed E-state index contributed by atoms with van der Waals surface area (Å²) in [4.78, 5) is 18.6. The summed E-state index contributed by atoms with van der Waals surface area (Å²) in [6.45, 7) is 3.11. The van der Waals surface area contributed by atoms with Crippen LogP contribution in [0.3, 0.4) is 0 Å². The van der Waals surface area contributed by atoms with Crippen LogP contribution in [0.4, 0.5) is 4.79 Å². The molecule has 0 radical (unpaired) electrons. The van der Waals surface area contributed by atoms with Gasteiger partial charge in [0.2, 0.25) is 0 Å². The van der Waals surface area contributed by atoms with Gasteiger partial charge in [0.05, 0.1) is 6.04 Å². The summed E-state index contributed by atoms with van der Waals surface area (Å²) in [7, 11) is 0. The minimum atomic E-state index is -0.227. The van der Waals surface area contributed by atoms with Gasteiger partial charge in [0.15, 0.2) is 0 Å². The molecule has 2 aromatic rings. The number of nitrogens with zero attached hydrogens (tertiary/aromatic N) is 2. The van der Waals surface area contributed by atoms with E-state index in [-0.39, 0.29) is 12.1 Å². The van der Waals surface area contributed by atoms with E-state index in [1.165, 1.54) is 5.56 Å². The third-order valence-electron chi connectivity index (χ3n) is 4.37. The van der Waals surface area contributed by atoms with Gasteiger partial charge >= 0.3 is 6.09 Å². The quantitative estimate of drug-likeness (QED) is 0.851. The second-order valence-electron chi connectivity index (χ2n) is 5.98. The first-order valence-electron chi connectivity index (χ1n) is 8.13. The van der Waals surface area contributed by atoms with Crippen molar-refractivity contribution in [3.63, 3.8) is 0 Å². The lowest BCUT2D eigenvalue weighted by atomic mass is 9.94. The van der Waals surface area contributed by atoms with Gasteiger partial charge in [-0.2, -0.15) is 0 Å². The van der Waals surface area contributed by atoms with Crippen LogP contribution in [0.15, 0.2) is 48.8 Å². The number of aromatic nitrogens is 1. The molecule has 1 aliphatic heterocycles. The zero-order chi connectivity index (χ0) is 16.1. The van der Waals surface area contributed by atoms with Crippen molar-refractivity contribution in [2.45, 2.75) is 38.8 Å². The van der Waals surface area contributed by atoms with Gasteiger partial charge in [0, 0.05) is 18.9 Å². The molecule has 0 bridgehead atoms. The number of pyridine rings is 1. The standard InChI is InChI=1S/C19H22N2O2/c1-15-13-20-11-10-17(15)18-9-5-6-12-21(18)19(22)23-14-16-7-3-2-4-8-16/h2-4,7-8,10-11,13,18H,5-6,9,12,14H2,1H3/t18-/m0/s1. The Morgan fingerprint density at radius 3 is 2.87 bits per heavy atom. The Hall–Kier alpha value is -2.36. The molecule has 1 aliphatic rings. The van der Waals surface area contributed by atoms with Crippen LogP contribution in [-0.4, -0.2) is 22.5 Å². The van der Waals surface area contributed by atoms with Gasteiger partial charge in [0.1, 0.15) is 6.61 Å². The molecule has 4 heteroatoms. The Labute approximate surface area is 137 Å². The number of hydrogen-bond acceptors (Lipinski definition) is 3. The molecule has 3 rings (SSSR count). The van der Waals surface area contributed by atoms with Crippen molar-refractivity contribution < 1.29 is 9.53 Å². The van der Waals surface area contributed by atoms with Crippen LogP contribution >= 0.6 is 0 Å². The van der Waals surface area contributed by atoms with Crippen LogP contribution in [0.1, 0.15) is 42.0 Å². The summed E-state index contributed by atoms with van der Waals surface area (Å²) in [6, 6.07) is 11.9. The van der Waals surface area contributed by atoms with Gasteiger partial charge in [-0.25, -0.2) is 4.79 Å². The molecule has 0 aliphatic carbocycles. The van der Waals surface area contributed by atoms with Crippen molar-refractivity contribution in [2.75, 3.05) is 6.54 Å². The van der Waals surface area contributed by atoms with Gasteiger partial charge in [0.25, 0.3) is 0 Å². The first-order valence-corrected chi connectivity index (χ1v) is 8.13. The number of hydrogen-bond donors (Lipinski definition) is 0. The van der Waals surface area contributed by atoms with Gasteiger partial charge in [-0.05, 0) is 48.9 Å². The molecule has 120 valence electrons. The smallest absolute Gasteiger partial charge is 0.410 e. The molecule has 0 spiro atoms. The molecule has 1 aromatic heterocycles. The van der Waals surface area contributed by atoms with Crippen LogP contribution in [0.25, 0.3) is 0 Å².